The lowest BCUT2D eigenvalue weighted by molar-refractivity contribution is -0.124. The van der Waals surface area contributed by atoms with Crippen LogP contribution in [-0.2, 0) is 22.7 Å². The van der Waals surface area contributed by atoms with E-state index in [-0.39, 0.29) is 11.8 Å². The summed E-state index contributed by atoms with van der Waals surface area (Å²) in [5.74, 6) is 0.606. The molecule has 0 radical (unpaired) electrons. The Bertz CT molecular complexity index is 1780. The first-order chi connectivity index (χ1) is 25.3. The third-order valence-electron chi connectivity index (χ3n) is 10.8. The summed E-state index contributed by atoms with van der Waals surface area (Å²) in [6.45, 7) is 11.1. The third kappa shape index (κ3) is 7.76. The molecule has 2 aromatic heterocycles. The Hall–Kier alpha value is -3.82. The molecule has 6 nitrogen and oxygen atoms in total. The molecule has 2 atom stereocenters. The summed E-state index contributed by atoms with van der Waals surface area (Å²) in [5, 5.41) is 0. The smallest absolute Gasteiger partial charge is 0.261 e. The second kappa shape index (κ2) is 17.3. The molecule has 2 aliphatic heterocycles. The van der Waals surface area contributed by atoms with Crippen molar-refractivity contribution in [3.63, 3.8) is 0 Å². The van der Waals surface area contributed by atoms with Gasteiger partial charge in [0.15, 0.2) is 0 Å². The molecule has 0 bridgehead atoms. The number of rotatable bonds is 18. The number of benzene rings is 2. The van der Waals surface area contributed by atoms with Gasteiger partial charge in [-0.05, 0) is 71.2 Å². The van der Waals surface area contributed by atoms with E-state index in [1.54, 1.807) is 22.7 Å². The molecule has 0 spiro atoms. The quantitative estimate of drug-likeness (QED) is 0.106. The Morgan fingerprint density at radius 2 is 0.904 bits per heavy atom. The molecule has 0 saturated carbocycles. The van der Waals surface area contributed by atoms with Crippen molar-refractivity contribution in [2.75, 3.05) is 13.1 Å². The van der Waals surface area contributed by atoms with Crippen LogP contribution in [-0.4, -0.2) is 34.7 Å². The van der Waals surface area contributed by atoms with Crippen LogP contribution in [0.3, 0.4) is 0 Å². The molecule has 0 saturated heterocycles. The largest absolute Gasteiger partial charge is 0.326 e. The van der Waals surface area contributed by atoms with Gasteiger partial charge in [-0.1, -0.05) is 115 Å². The molecule has 2 aromatic carbocycles. The van der Waals surface area contributed by atoms with Crippen LogP contribution in [0.5, 0.6) is 0 Å². The molecule has 274 valence electrons. The van der Waals surface area contributed by atoms with Crippen LogP contribution in [0.4, 0.5) is 0 Å². The number of carbonyl (C=O) groups excluding carboxylic acids is 2. The molecule has 4 aromatic rings. The van der Waals surface area contributed by atoms with Crippen LogP contribution in [0.15, 0.2) is 83.9 Å². The molecule has 6 rings (SSSR count). The maximum absolute atomic E-state index is 15.0. The van der Waals surface area contributed by atoms with E-state index < -0.39 is 0 Å². The Kier molecular flexibility index (Phi) is 12.6. The second-order valence-corrected chi connectivity index (χ2v) is 16.4. The maximum atomic E-state index is 15.0. The number of thiophene rings is 2. The highest BCUT2D eigenvalue weighted by Crippen LogP contribution is 2.50. The van der Waals surface area contributed by atoms with Gasteiger partial charge in [0, 0.05) is 35.9 Å². The average Bonchev–Trinajstić information content (AvgIpc) is 3.97. The molecule has 4 N–H and O–H groups in total. The summed E-state index contributed by atoms with van der Waals surface area (Å²) in [4.78, 5) is 38.1. The highest BCUT2D eigenvalue weighted by molar-refractivity contribution is 7.17. The average molecular weight is 735 g/mol. The molecular formula is C44H54N4O2S2. The van der Waals surface area contributed by atoms with Crippen molar-refractivity contribution in [3.8, 4) is 20.9 Å². The van der Waals surface area contributed by atoms with E-state index in [0.29, 0.717) is 49.2 Å². The highest BCUT2D eigenvalue weighted by Gasteiger charge is 2.50. The first-order valence-corrected chi connectivity index (χ1v) is 20.9. The minimum absolute atomic E-state index is 0.0445. The standard InChI is InChI=1S/C44H54N4O2S2/c1-5-9-11-29(7-3)27-47-41(37-23-21-35(51-37)33-17-13-31(25-45)14-18-33)39-40(43(47)49)42(48(44(39)50)28-30(8-4)12-10-6-2)38-24-22-36(52-38)34-19-15-32(26-46)16-20-34/h13-24,29-30H,5-12,25-28,45-46H2,1-4H3. The minimum Gasteiger partial charge on any atom is -0.326 e. The van der Waals surface area contributed by atoms with Crippen molar-refractivity contribution in [1.82, 2.24) is 9.80 Å². The molecule has 8 heteroatoms. The van der Waals surface area contributed by atoms with E-state index in [1.807, 2.05) is 9.80 Å². The number of unbranched alkanes of at least 4 members (excludes halogenated alkanes) is 2. The fraction of sp³-hybridized carbons (Fsp3) is 0.409. The van der Waals surface area contributed by atoms with Gasteiger partial charge in [-0.2, -0.15) is 0 Å². The second-order valence-electron chi connectivity index (χ2n) is 14.2. The van der Waals surface area contributed by atoms with Crippen LogP contribution in [0, 0.1) is 11.8 Å². The summed E-state index contributed by atoms with van der Waals surface area (Å²) >= 11 is 3.31. The fourth-order valence-corrected chi connectivity index (χ4v) is 9.60. The Morgan fingerprint density at radius 3 is 1.23 bits per heavy atom. The van der Waals surface area contributed by atoms with E-state index in [1.165, 1.54) is 0 Å². The van der Waals surface area contributed by atoms with Gasteiger partial charge in [0.25, 0.3) is 11.8 Å². The van der Waals surface area contributed by atoms with Gasteiger partial charge < -0.3 is 21.3 Å². The van der Waals surface area contributed by atoms with Crippen molar-refractivity contribution in [2.24, 2.45) is 23.3 Å². The molecule has 0 aliphatic carbocycles. The van der Waals surface area contributed by atoms with Crippen molar-refractivity contribution >= 4 is 45.9 Å². The van der Waals surface area contributed by atoms with Crippen LogP contribution in [0.2, 0.25) is 0 Å². The Balaban J connectivity index is 1.50. The van der Waals surface area contributed by atoms with Gasteiger partial charge in [0.2, 0.25) is 0 Å². The number of nitrogens with two attached hydrogens (primary N) is 2. The zero-order chi connectivity index (χ0) is 36.8. The summed E-state index contributed by atoms with van der Waals surface area (Å²) < 4.78 is 0. The SMILES string of the molecule is CCCCC(CC)CN1C(=O)C2=C(c3ccc(-c4ccc(CN)cc4)s3)N(CC(CC)CCCC)C(=O)C2=C1c1ccc(-c2ccc(CN)cc2)s1. The van der Waals surface area contributed by atoms with Crippen molar-refractivity contribution < 1.29 is 9.59 Å². The first kappa shape index (κ1) is 37.9. The summed E-state index contributed by atoms with van der Waals surface area (Å²) in [7, 11) is 0. The van der Waals surface area contributed by atoms with E-state index >= 15 is 9.59 Å². The van der Waals surface area contributed by atoms with E-state index in [4.69, 9.17) is 11.5 Å². The molecule has 0 fully saturated rings. The van der Waals surface area contributed by atoms with Crippen molar-refractivity contribution in [3.05, 3.63) is 105 Å². The zero-order valence-electron chi connectivity index (χ0n) is 31.3. The molecule has 2 amide bonds. The van der Waals surface area contributed by atoms with Crippen LogP contribution < -0.4 is 11.5 Å². The normalized spacial score (nSPS) is 15.7. The topological polar surface area (TPSA) is 92.7 Å². The summed E-state index contributed by atoms with van der Waals surface area (Å²) in [5.41, 5.74) is 18.9. The number of hydrogen-bond acceptors (Lipinski definition) is 6. The van der Waals surface area contributed by atoms with Crippen LogP contribution in [0.1, 0.15) is 99.9 Å². The number of nitrogens with zero attached hydrogens (tertiary/aromatic N) is 2. The predicted octanol–water partition coefficient (Wildman–Crippen LogP) is 10.3. The molecule has 4 heterocycles. The van der Waals surface area contributed by atoms with Gasteiger partial charge in [-0.15, -0.1) is 22.7 Å². The monoisotopic (exact) mass is 734 g/mol. The Labute approximate surface area is 318 Å². The molecular weight excluding hydrogens is 681 g/mol. The van der Waals surface area contributed by atoms with Gasteiger partial charge >= 0.3 is 0 Å². The summed E-state index contributed by atoms with van der Waals surface area (Å²) in [6.07, 6.45) is 8.55. The molecule has 2 unspecified atom stereocenters. The van der Waals surface area contributed by atoms with Gasteiger partial charge in [-0.25, -0.2) is 0 Å². The lowest BCUT2D eigenvalue weighted by Gasteiger charge is -2.29. The molecule has 52 heavy (non-hydrogen) atoms. The van der Waals surface area contributed by atoms with Gasteiger partial charge in [0.05, 0.1) is 32.3 Å². The number of amides is 2. The maximum Gasteiger partial charge on any atom is 0.261 e. The van der Waals surface area contributed by atoms with Crippen LogP contribution in [0.25, 0.3) is 32.3 Å². The zero-order valence-corrected chi connectivity index (χ0v) is 32.9. The fourth-order valence-electron chi connectivity index (χ4n) is 7.46. The van der Waals surface area contributed by atoms with Gasteiger partial charge in [-0.3, -0.25) is 9.59 Å². The highest BCUT2D eigenvalue weighted by atomic mass is 32.1. The molecule has 2 aliphatic rings. The minimum atomic E-state index is -0.0445. The predicted molar refractivity (Wildman–Crippen MR) is 219 cm³/mol. The van der Waals surface area contributed by atoms with Crippen LogP contribution >= 0.6 is 22.7 Å². The van der Waals surface area contributed by atoms with E-state index in [0.717, 1.165) is 105 Å². The third-order valence-corrected chi connectivity index (χ3v) is 13.1. The summed E-state index contributed by atoms with van der Waals surface area (Å²) in [6, 6.07) is 25.2. The number of carbonyl (C=O) groups is 2. The van der Waals surface area contributed by atoms with E-state index in [9.17, 15) is 0 Å². The lowest BCUT2D eigenvalue weighted by atomic mass is 9.98. The van der Waals surface area contributed by atoms with Gasteiger partial charge in [0.1, 0.15) is 0 Å². The van der Waals surface area contributed by atoms with Crippen molar-refractivity contribution in [2.45, 2.75) is 92.2 Å². The number of fused-ring (bicyclic) bond motifs is 1. The van der Waals surface area contributed by atoms with E-state index in [2.05, 4.69) is 100 Å². The number of hydrogen-bond donors (Lipinski definition) is 2. The first-order valence-electron chi connectivity index (χ1n) is 19.3. The Morgan fingerprint density at radius 1 is 0.538 bits per heavy atom. The van der Waals surface area contributed by atoms with Crippen molar-refractivity contribution in [1.29, 1.82) is 0 Å². The lowest BCUT2D eigenvalue weighted by Crippen LogP contribution is -2.34.